The molecule has 0 atom stereocenters. The molecule has 1 aromatic carbocycles. The fraction of sp³-hybridized carbons (Fsp3) is 0.400. The van der Waals surface area contributed by atoms with Gasteiger partial charge in [-0.1, -0.05) is 0 Å². The minimum Gasteiger partial charge on any atom is -0.398 e. The second-order valence-corrected chi connectivity index (χ2v) is 3.99. The van der Waals surface area contributed by atoms with Gasteiger partial charge in [0, 0.05) is 16.9 Å². The molecule has 1 rings (SSSR count). The van der Waals surface area contributed by atoms with Crippen LogP contribution in [0.1, 0.15) is 11.1 Å². The average molecular weight is 288 g/mol. The molecule has 0 bridgehead atoms. The van der Waals surface area contributed by atoms with Crippen molar-refractivity contribution < 1.29 is 31.4 Å². The predicted octanol–water partition coefficient (Wildman–Crippen LogP) is 2.47. The maximum atomic E-state index is 12.6. The number of rotatable bonds is 1. The van der Waals surface area contributed by atoms with Gasteiger partial charge >= 0.3 is 12.4 Å². The smallest absolute Gasteiger partial charge is 0.398 e. The first-order chi connectivity index (χ1) is 8.32. The number of alkyl halides is 6. The van der Waals surface area contributed by atoms with Crippen LogP contribution in [0.4, 0.5) is 37.7 Å². The molecule has 108 valence electrons. The van der Waals surface area contributed by atoms with E-state index >= 15 is 0 Å². The normalized spacial score (nSPS) is 13.7. The van der Waals surface area contributed by atoms with Gasteiger partial charge < -0.3 is 16.6 Å². The van der Waals surface area contributed by atoms with E-state index in [4.69, 9.17) is 16.6 Å². The Kier molecular flexibility index (Phi) is 3.40. The molecule has 0 amide bonds. The van der Waals surface area contributed by atoms with Crippen LogP contribution < -0.4 is 11.5 Å². The highest BCUT2D eigenvalue weighted by Gasteiger charge is 2.71. The molecule has 19 heavy (non-hydrogen) atoms. The number of nitrogens with two attached hydrogens (primary N) is 2. The Hall–Kier alpha value is -1.64. The molecule has 0 aliphatic carbocycles. The maximum absolute atomic E-state index is 12.6. The van der Waals surface area contributed by atoms with Gasteiger partial charge in [-0.15, -0.1) is 0 Å². The zero-order valence-corrected chi connectivity index (χ0v) is 9.52. The molecule has 0 unspecified atom stereocenters. The summed E-state index contributed by atoms with van der Waals surface area (Å²) in [6, 6.07) is 0.819. The van der Waals surface area contributed by atoms with Gasteiger partial charge in [-0.2, -0.15) is 26.3 Å². The summed E-state index contributed by atoms with van der Waals surface area (Å²) >= 11 is 0. The minimum atomic E-state index is -5.96. The quantitative estimate of drug-likeness (QED) is 0.549. The van der Waals surface area contributed by atoms with Gasteiger partial charge in [0.1, 0.15) is 0 Å². The van der Waals surface area contributed by atoms with Crippen LogP contribution in [0, 0.1) is 6.92 Å². The third-order valence-electron chi connectivity index (χ3n) is 2.73. The van der Waals surface area contributed by atoms with Gasteiger partial charge in [-0.05, 0) is 24.6 Å². The van der Waals surface area contributed by atoms with Crippen LogP contribution in [-0.2, 0) is 5.60 Å². The first-order valence-electron chi connectivity index (χ1n) is 4.84. The van der Waals surface area contributed by atoms with Crippen LogP contribution in [0.3, 0.4) is 0 Å². The Morgan fingerprint density at radius 2 is 1.21 bits per heavy atom. The molecule has 0 aliphatic rings. The van der Waals surface area contributed by atoms with Crippen molar-refractivity contribution in [3.05, 3.63) is 23.3 Å². The van der Waals surface area contributed by atoms with Crippen molar-refractivity contribution in [2.75, 3.05) is 11.5 Å². The Bertz CT molecular complexity index is 457. The highest BCUT2D eigenvalue weighted by molar-refractivity contribution is 5.63. The van der Waals surface area contributed by atoms with E-state index in [1.807, 2.05) is 0 Å². The van der Waals surface area contributed by atoms with Crippen LogP contribution >= 0.6 is 0 Å². The first-order valence-corrected chi connectivity index (χ1v) is 4.84. The van der Waals surface area contributed by atoms with Crippen LogP contribution in [0.15, 0.2) is 12.1 Å². The molecule has 0 saturated carbocycles. The van der Waals surface area contributed by atoms with Gasteiger partial charge in [0.15, 0.2) is 0 Å². The van der Waals surface area contributed by atoms with E-state index in [2.05, 4.69) is 0 Å². The van der Waals surface area contributed by atoms with E-state index in [-0.39, 0.29) is 16.9 Å². The fourth-order valence-corrected chi connectivity index (χ4v) is 1.46. The molecule has 0 radical (unpaired) electrons. The Balaban J connectivity index is 3.62. The van der Waals surface area contributed by atoms with Crippen molar-refractivity contribution in [1.82, 2.24) is 0 Å². The third-order valence-corrected chi connectivity index (χ3v) is 2.73. The van der Waals surface area contributed by atoms with Crippen molar-refractivity contribution in [2.45, 2.75) is 24.9 Å². The molecular weight excluding hydrogens is 278 g/mol. The van der Waals surface area contributed by atoms with Crippen LogP contribution in [-0.4, -0.2) is 17.5 Å². The van der Waals surface area contributed by atoms with Crippen molar-refractivity contribution in [2.24, 2.45) is 0 Å². The first kappa shape index (κ1) is 15.4. The molecule has 9 heteroatoms. The second-order valence-electron chi connectivity index (χ2n) is 3.99. The summed E-state index contributed by atoms with van der Waals surface area (Å²) in [5.74, 6) is 0. The lowest BCUT2D eigenvalue weighted by Gasteiger charge is -2.33. The lowest BCUT2D eigenvalue weighted by atomic mass is 9.90. The fourth-order valence-electron chi connectivity index (χ4n) is 1.46. The molecule has 0 heterocycles. The number of anilines is 2. The summed E-state index contributed by atoms with van der Waals surface area (Å²) in [5, 5.41) is 9.13. The van der Waals surface area contributed by atoms with E-state index < -0.39 is 23.5 Å². The van der Waals surface area contributed by atoms with Crippen molar-refractivity contribution in [3.63, 3.8) is 0 Å². The lowest BCUT2D eigenvalue weighted by molar-refractivity contribution is -0.376. The monoisotopic (exact) mass is 288 g/mol. The molecule has 3 nitrogen and oxygen atoms in total. The molecule has 0 spiro atoms. The van der Waals surface area contributed by atoms with Crippen LogP contribution in [0.25, 0.3) is 0 Å². The highest BCUT2D eigenvalue weighted by Crippen LogP contribution is 2.50. The van der Waals surface area contributed by atoms with E-state index in [1.54, 1.807) is 0 Å². The molecule has 0 saturated heterocycles. The molecule has 0 fully saturated rings. The zero-order valence-electron chi connectivity index (χ0n) is 9.52. The van der Waals surface area contributed by atoms with Gasteiger partial charge in [0.05, 0.1) is 0 Å². The van der Waals surface area contributed by atoms with Crippen LogP contribution in [0.2, 0.25) is 0 Å². The minimum absolute atomic E-state index is 0.135. The van der Waals surface area contributed by atoms with E-state index in [1.165, 1.54) is 6.92 Å². The standard InChI is InChI=1S/C10H10F6N2O/c1-4-6(17)2-5(3-7(4)18)8(19,9(11,12)13)10(14,15)16/h2-3,19H,17-18H2,1H3. The number of halogens is 6. The topological polar surface area (TPSA) is 72.3 Å². The van der Waals surface area contributed by atoms with Gasteiger partial charge in [0.25, 0.3) is 5.60 Å². The van der Waals surface area contributed by atoms with Gasteiger partial charge in [-0.3, -0.25) is 0 Å². The summed E-state index contributed by atoms with van der Waals surface area (Å²) < 4.78 is 75.6. The van der Waals surface area contributed by atoms with E-state index in [0.29, 0.717) is 12.1 Å². The molecule has 0 aliphatic heterocycles. The van der Waals surface area contributed by atoms with Gasteiger partial charge in [0.2, 0.25) is 0 Å². The summed E-state index contributed by atoms with van der Waals surface area (Å²) in [7, 11) is 0. The molecule has 5 N–H and O–H groups in total. The zero-order chi connectivity index (χ0) is 15.2. The number of nitrogen functional groups attached to an aromatic ring is 2. The molecule has 0 aromatic heterocycles. The van der Waals surface area contributed by atoms with E-state index in [0.717, 1.165) is 0 Å². The number of benzene rings is 1. The summed E-state index contributed by atoms with van der Waals surface area (Å²) in [4.78, 5) is 0. The summed E-state index contributed by atoms with van der Waals surface area (Å²) in [6.07, 6.45) is -11.9. The summed E-state index contributed by atoms with van der Waals surface area (Å²) in [6.45, 7) is 1.33. The summed E-state index contributed by atoms with van der Waals surface area (Å²) in [5.41, 5.74) is 3.46. The van der Waals surface area contributed by atoms with E-state index in [9.17, 15) is 26.3 Å². The second kappa shape index (κ2) is 4.19. The number of hydrogen-bond acceptors (Lipinski definition) is 3. The maximum Gasteiger partial charge on any atom is 0.430 e. The van der Waals surface area contributed by atoms with Crippen molar-refractivity contribution in [3.8, 4) is 0 Å². The third kappa shape index (κ3) is 2.29. The number of hydrogen-bond donors (Lipinski definition) is 3. The molecular formula is C10H10F6N2O. The van der Waals surface area contributed by atoms with Crippen LogP contribution in [0.5, 0.6) is 0 Å². The Labute approximate surface area is 103 Å². The number of aliphatic hydroxyl groups is 1. The highest BCUT2D eigenvalue weighted by atomic mass is 19.4. The van der Waals surface area contributed by atoms with Crippen molar-refractivity contribution >= 4 is 11.4 Å². The average Bonchev–Trinajstić information content (AvgIpc) is 2.20. The lowest BCUT2D eigenvalue weighted by Crippen LogP contribution is -2.54. The Morgan fingerprint density at radius 1 is 0.895 bits per heavy atom. The largest absolute Gasteiger partial charge is 0.430 e. The molecule has 1 aromatic rings. The Morgan fingerprint density at radius 3 is 1.47 bits per heavy atom. The van der Waals surface area contributed by atoms with Crippen molar-refractivity contribution in [1.29, 1.82) is 0 Å². The van der Waals surface area contributed by atoms with Gasteiger partial charge in [-0.25, -0.2) is 0 Å². The SMILES string of the molecule is Cc1c(N)cc(C(O)(C(F)(F)F)C(F)(F)F)cc1N. The predicted molar refractivity (Wildman–Crippen MR) is 56.0 cm³/mol.